The Morgan fingerprint density at radius 1 is 1.11 bits per heavy atom. The van der Waals surface area contributed by atoms with E-state index in [-0.39, 0.29) is 5.91 Å². The average Bonchev–Trinajstić information content (AvgIpc) is 3.11. The van der Waals surface area contributed by atoms with E-state index in [4.69, 9.17) is 0 Å². The van der Waals surface area contributed by atoms with Gasteiger partial charge in [-0.05, 0) is 73.1 Å². The monoisotopic (exact) mass is 372 g/mol. The largest absolute Gasteiger partial charge is 0.352 e. The van der Waals surface area contributed by atoms with Crippen molar-refractivity contribution in [3.8, 4) is 16.9 Å². The number of carbonyl (C=O) groups is 1. The highest BCUT2D eigenvalue weighted by Gasteiger charge is 2.23. The van der Waals surface area contributed by atoms with Crippen LogP contribution in [0.5, 0.6) is 0 Å². The van der Waals surface area contributed by atoms with Crippen molar-refractivity contribution in [3.63, 3.8) is 0 Å². The Labute approximate surface area is 167 Å². The van der Waals surface area contributed by atoms with Gasteiger partial charge >= 0.3 is 0 Å². The van der Waals surface area contributed by atoms with Gasteiger partial charge in [-0.2, -0.15) is 0 Å². The molecule has 1 aliphatic rings. The summed E-state index contributed by atoms with van der Waals surface area (Å²) in [6, 6.07) is 21.0. The zero-order valence-electron chi connectivity index (χ0n) is 16.7. The van der Waals surface area contributed by atoms with Crippen LogP contribution in [-0.2, 0) is 12.8 Å². The maximum atomic E-state index is 12.2. The lowest BCUT2D eigenvalue weighted by Crippen LogP contribution is -2.23. The highest BCUT2D eigenvalue weighted by Crippen LogP contribution is 2.35. The summed E-state index contributed by atoms with van der Waals surface area (Å²) in [7, 11) is 0. The van der Waals surface area contributed by atoms with Crippen molar-refractivity contribution in [3.05, 3.63) is 77.5 Å². The van der Waals surface area contributed by atoms with E-state index in [0.29, 0.717) is 12.1 Å². The number of amides is 1. The van der Waals surface area contributed by atoms with E-state index < -0.39 is 0 Å². The molecule has 1 heterocycles. The van der Waals surface area contributed by atoms with Crippen LogP contribution >= 0.6 is 0 Å². The summed E-state index contributed by atoms with van der Waals surface area (Å²) in [4.78, 5) is 12.2. The molecule has 0 radical (unpaired) electrons. The third-order valence-corrected chi connectivity index (χ3v) is 5.63. The van der Waals surface area contributed by atoms with Crippen LogP contribution in [0.3, 0.4) is 0 Å². The molecular weight excluding hydrogens is 344 g/mol. The smallest absolute Gasteiger partial charge is 0.251 e. The molecule has 1 aliphatic carbocycles. The van der Waals surface area contributed by atoms with E-state index in [1.807, 2.05) is 12.1 Å². The van der Waals surface area contributed by atoms with Gasteiger partial charge in [-0.3, -0.25) is 4.79 Å². The van der Waals surface area contributed by atoms with E-state index in [1.54, 1.807) is 0 Å². The predicted molar refractivity (Wildman–Crippen MR) is 115 cm³/mol. The van der Waals surface area contributed by atoms with Crippen molar-refractivity contribution in [1.29, 1.82) is 0 Å². The second kappa shape index (κ2) is 8.05. The van der Waals surface area contributed by atoms with Gasteiger partial charge in [-0.15, -0.1) is 0 Å². The number of fused-ring (bicyclic) bond motifs is 1. The van der Waals surface area contributed by atoms with Gasteiger partial charge in [-0.1, -0.05) is 44.2 Å². The third-order valence-electron chi connectivity index (χ3n) is 5.63. The van der Waals surface area contributed by atoms with Crippen molar-refractivity contribution in [1.82, 2.24) is 9.88 Å². The van der Waals surface area contributed by atoms with Crippen LogP contribution < -0.4 is 5.32 Å². The maximum absolute atomic E-state index is 12.2. The molecule has 1 atom stereocenters. The van der Waals surface area contributed by atoms with Gasteiger partial charge in [0.2, 0.25) is 0 Å². The molecule has 1 N–H and O–H groups in total. The summed E-state index contributed by atoms with van der Waals surface area (Å²) in [5.41, 5.74) is 7.19. The average molecular weight is 373 g/mol. The molecule has 0 fully saturated rings. The summed E-state index contributed by atoms with van der Waals surface area (Å²) < 4.78 is 2.39. The number of benzene rings is 2. The zero-order chi connectivity index (χ0) is 19.5. The van der Waals surface area contributed by atoms with E-state index in [9.17, 15) is 4.79 Å². The van der Waals surface area contributed by atoms with Gasteiger partial charge in [0.05, 0.1) is 5.69 Å². The van der Waals surface area contributed by atoms with Gasteiger partial charge in [-0.25, -0.2) is 0 Å². The van der Waals surface area contributed by atoms with E-state index in [2.05, 4.69) is 72.3 Å². The first-order chi connectivity index (χ1) is 13.7. The van der Waals surface area contributed by atoms with Crippen LogP contribution in [0.4, 0.5) is 0 Å². The Bertz CT molecular complexity index is 954. The number of hydrogen-bond donors (Lipinski definition) is 1. The van der Waals surface area contributed by atoms with Gasteiger partial charge in [0.1, 0.15) is 0 Å². The van der Waals surface area contributed by atoms with E-state index >= 15 is 0 Å². The van der Waals surface area contributed by atoms with Crippen LogP contribution in [-0.4, -0.2) is 17.0 Å². The molecule has 0 aliphatic heterocycles. The maximum Gasteiger partial charge on any atom is 0.251 e. The Balaban J connectivity index is 1.75. The Kier molecular flexibility index (Phi) is 5.34. The van der Waals surface area contributed by atoms with Crippen molar-refractivity contribution in [2.75, 3.05) is 6.54 Å². The van der Waals surface area contributed by atoms with Crippen molar-refractivity contribution >= 4 is 5.91 Å². The van der Waals surface area contributed by atoms with Crippen molar-refractivity contribution in [2.24, 2.45) is 5.92 Å². The summed E-state index contributed by atoms with van der Waals surface area (Å²) in [6.45, 7) is 5.11. The van der Waals surface area contributed by atoms with Crippen LogP contribution in [0, 0.1) is 5.92 Å². The summed E-state index contributed by atoms with van der Waals surface area (Å²) in [6.07, 6.45) is 4.41. The third kappa shape index (κ3) is 3.62. The standard InChI is InChI=1S/C25H28N2O/c1-3-15-26-25(28)20-10-12-22(13-11-20)27-23-14-9-18(2)16-21(23)17-24(27)19-7-5-4-6-8-19/h4-8,10-13,17-18H,3,9,14-16H2,1-2H3,(H,26,28)/t18-/m1/s1. The number of nitrogens with zero attached hydrogens (tertiary/aromatic N) is 1. The normalized spacial score (nSPS) is 15.9. The first kappa shape index (κ1) is 18.5. The minimum absolute atomic E-state index is 0.0000395. The second-order valence-electron chi connectivity index (χ2n) is 7.85. The molecule has 0 unspecified atom stereocenters. The first-order valence-electron chi connectivity index (χ1n) is 10.3. The molecule has 4 rings (SSSR count). The molecule has 3 heteroatoms. The molecule has 1 aromatic heterocycles. The second-order valence-corrected chi connectivity index (χ2v) is 7.85. The van der Waals surface area contributed by atoms with Gasteiger partial charge in [0.25, 0.3) is 5.91 Å². The number of carbonyl (C=O) groups excluding carboxylic acids is 1. The molecule has 3 aromatic rings. The lowest BCUT2D eigenvalue weighted by Gasteiger charge is -2.21. The Morgan fingerprint density at radius 3 is 2.57 bits per heavy atom. The van der Waals surface area contributed by atoms with Crippen LogP contribution in [0.2, 0.25) is 0 Å². The Hall–Kier alpha value is -2.81. The highest BCUT2D eigenvalue weighted by molar-refractivity contribution is 5.94. The number of hydrogen-bond acceptors (Lipinski definition) is 1. The molecule has 144 valence electrons. The molecule has 28 heavy (non-hydrogen) atoms. The minimum atomic E-state index is 0.0000395. The fourth-order valence-corrected chi connectivity index (χ4v) is 4.13. The lowest BCUT2D eigenvalue weighted by atomic mass is 9.89. The van der Waals surface area contributed by atoms with Crippen LogP contribution in [0.1, 0.15) is 48.3 Å². The molecular formula is C25H28N2O. The minimum Gasteiger partial charge on any atom is -0.352 e. The molecule has 0 saturated carbocycles. The SMILES string of the molecule is CCCNC(=O)c1ccc(-n2c(-c3ccccc3)cc3c2CC[C@@H](C)C3)cc1. The molecule has 3 nitrogen and oxygen atoms in total. The molecule has 0 bridgehead atoms. The summed E-state index contributed by atoms with van der Waals surface area (Å²) in [5, 5.41) is 2.95. The summed E-state index contributed by atoms with van der Waals surface area (Å²) >= 11 is 0. The highest BCUT2D eigenvalue weighted by atomic mass is 16.1. The molecule has 0 spiro atoms. The van der Waals surface area contributed by atoms with Crippen molar-refractivity contribution < 1.29 is 4.79 Å². The van der Waals surface area contributed by atoms with Crippen molar-refractivity contribution in [2.45, 2.75) is 39.5 Å². The number of aromatic nitrogens is 1. The topological polar surface area (TPSA) is 34.0 Å². The predicted octanol–water partition coefficient (Wildman–Crippen LogP) is 5.41. The quantitative estimate of drug-likeness (QED) is 0.638. The number of nitrogens with one attached hydrogen (secondary N) is 1. The van der Waals surface area contributed by atoms with Gasteiger partial charge < -0.3 is 9.88 Å². The zero-order valence-corrected chi connectivity index (χ0v) is 16.7. The Morgan fingerprint density at radius 2 is 1.86 bits per heavy atom. The first-order valence-corrected chi connectivity index (χ1v) is 10.3. The van der Waals surface area contributed by atoms with E-state index in [1.165, 1.54) is 28.9 Å². The summed E-state index contributed by atoms with van der Waals surface area (Å²) in [5.74, 6) is 0.733. The van der Waals surface area contributed by atoms with Gasteiger partial charge in [0.15, 0.2) is 0 Å². The van der Waals surface area contributed by atoms with Crippen LogP contribution in [0.15, 0.2) is 60.7 Å². The lowest BCUT2D eigenvalue weighted by molar-refractivity contribution is 0.0953. The van der Waals surface area contributed by atoms with Crippen LogP contribution in [0.25, 0.3) is 16.9 Å². The fourth-order valence-electron chi connectivity index (χ4n) is 4.13. The van der Waals surface area contributed by atoms with E-state index in [0.717, 1.165) is 30.9 Å². The fraction of sp³-hybridized carbons (Fsp3) is 0.320. The molecule has 0 saturated heterocycles. The van der Waals surface area contributed by atoms with Gasteiger partial charge in [0, 0.05) is 23.5 Å². The molecule has 1 amide bonds. The number of rotatable bonds is 5. The molecule has 2 aromatic carbocycles.